The average Bonchev–Trinajstić information content (AvgIpc) is 3.12. The Hall–Kier alpha value is -2.11. The number of aliphatic imine (C=N–C) groups is 1. The molecule has 3 aromatic rings. The lowest BCUT2D eigenvalue weighted by atomic mass is 10.2. The molecule has 112 valence electrons. The minimum Gasteiger partial charge on any atom is -0.342 e. The number of rotatable bonds is 4. The van der Waals surface area contributed by atoms with E-state index in [2.05, 4.69) is 20.4 Å². The maximum atomic E-state index is 6.24. The van der Waals surface area contributed by atoms with Gasteiger partial charge in [-0.15, -0.1) is 5.10 Å². The molecule has 0 aliphatic rings. The largest absolute Gasteiger partial charge is 0.342 e. The molecule has 0 spiro atoms. The summed E-state index contributed by atoms with van der Waals surface area (Å²) in [5.41, 5.74) is 3.38. The van der Waals surface area contributed by atoms with Crippen LogP contribution in [0.5, 0.6) is 0 Å². The van der Waals surface area contributed by atoms with Gasteiger partial charge in [0.25, 0.3) is 0 Å². The van der Waals surface area contributed by atoms with Gasteiger partial charge in [0.2, 0.25) is 0 Å². The molecule has 0 amide bonds. The van der Waals surface area contributed by atoms with Gasteiger partial charge in [0.05, 0.1) is 5.69 Å². The first-order valence-electron chi connectivity index (χ1n) is 6.61. The molecule has 22 heavy (non-hydrogen) atoms. The van der Waals surface area contributed by atoms with Gasteiger partial charge in [0.15, 0.2) is 0 Å². The van der Waals surface area contributed by atoms with E-state index in [9.17, 15) is 0 Å². The van der Waals surface area contributed by atoms with E-state index in [4.69, 9.17) is 23.2 Å². The van der Waals surface area contributed by atoms with E-state index in [1.165, 1.54) is 0 Å². The molecule has 2 heterocycles. The lowest BCUT2D eigenvalue weighted by Gasteiger charge is -2.10. The molecule has 2 aromatic heterocycles. The minimum absolute atomic E-state index is 0.595. The molecule has 0 unspecified atom stereocenters. The summed E-state index contributed by atoms with van der Waals surface area (Å²) in [6.07, 6.45) is 3.66. The normalized spacial score (nSPS) is 11.4. The number of nitrogens with one attached hydrogen (secondary N) is 1. The fraction of sp³-hybridized carbons (Fsp3) is 0.133. The van der Waals surface area contributed by atoms with E-state index in [1.807, 2.05) is 29.0 Å². The molecule has 0 aliphatic carbocycles. The molecule has 1 N–H and O–H groups in total. The van der Waals surface area contributed by atoms with E-state index in [-0.39, 0.29) is 0 Å². The predicted octanol–water partition coefficient (Wildman–Crippen LogP) is 3.68. The highest BCUT2D eigenvalue weighted by Gasteiger charge is 2.13. The Morgan fingerprint density at radius 2 is 2.18 bits per heavy atom. The van der Waals surface area contributed by atoms with Crippen LogP contribution in [0.3, 0.4) is 0 Å². The smallest absolute Gasteiger partial charge is 0.138 e. The quantitative estimate of drug-likeness (QED) is 0.740. The SMILES string of the molecule is C/N=C/c1[nH]nnc1-c1cccn1Cc1cc(Cl)ccc1Cl. The van der Waals surface area contributed by atoms with Crippen molar-refractivity contribution in [3.8, 4) is 11.4 Å². The van der Waals surface area contributed by atoms with E-state index in [1.54, 1.807) is 25.4 Å². The highest BCUT2D eigenvalue weighted by molar-refractivity contribution is 6.33. The maximum Gasteiger partial charge on any atom is 0.138 e. The molecule has 3 rings (SSSR count). The van der Waals surface area contributed by atoms with E-state index in [0.29, 0.717) is 16.6 Å². The Balaban J connectivity index is 1.99. The first kappa shape index (κ1) is 14.8. The van der Waals surface area contributed by atoms with Gasteiger partial charge < -0.3 is 4.57 Å². The summed E-state index contributed by atoms with van der Waals surface area (Å²) in [7, 11) is 1.70. The third kappa shape index (κ3) is 2.91. The summed E-state index contributed by atoms with van der Waals surface area (Å²) in [6.45, 7) is 0.595. The molecule has 1 aromatic carbocycles. The van der Waals surface area contributed by atoms with Crippen molar-refractivity contribution >= 4 is 29.4 Å². The second-order valence-electron chi connectivity index (χ2n) is 4.72. The molecule has 0 fully saturated rings. The lowest BCUT2D eigenvalue weighted by molar-refractivity contribution is 0.810. The van der Waals surface area contributed by atoms with Crippen LogP contribution in [0, 0.1) is 0 Å². The molecular weight excluding hydrogens is 321 g/mol. The predicted molar refractivity (Wildman–Crippen MR) is 88.9 cm³/mol. The third-order valence-electron chi connectivity index (χ3n) is 3.25. The Kier molecular flexibility index (Phi) is 4.27. The molecule has 0 bridgehead atoms. The zero-order chi connectivity index (χ0) is 15.5. The first-order valence-corrected chi connectivity index (χ1v) is 7.37. The average molecular weight is 334 g/mol. The summed E-state index contributed by atoms with van der Waals surface area (Å²) in [5.74, 6) is 0. The van der Waals surface area contributed by atoms with Crippen molar-refractivity contribution in [2.45, 2.75) is 6.54 Å². The van der Waals surface area contributed by atoms with Crippen LogP contribution in [0.15, 0.2) is 41.5 Å². The Bertz CT molecular complexity index is 819. The van der Waals surface area contributed by atoms with Crippen LogP contribution in [-0.2, 0) is 6.54 Å². The molecule has 0 saturated carbocycles. The summed E-state index contributed by atoms with van der Waals surface area (Å²) < 4.78 is 2.04. The maximum absolute atomic E-state index is 6.24. The topological polar surface area (TPSA) is 58.9 Å². The van der Waals surface area contributed by atoms with Gasteiger partial charge in [0, 0.05) is 36.0 Å². The van der Waals surface area contributed by atoms with E-state index < -0.39 is 0 Å². The van der Waals surface area contributed by atoms with Crippen LogP contribution >= 0.6 is 23.2 Å². The molecule has 5 nitrogen and oxygen atoms in total. The van der Waals surface area contributed by atoms with Crippen LogP contribution in [0.25, 0.3) is 11.4 Å². The summed E-state index contributed by atoms with van der Waals surface area (Å²) >= 11 is 12.3. The van der Waals surface area contributed by atoms with Gasteiger partial charge in [0.1, 0.15) is 11.4 Å². The molecule has 0 radical (unpaired) electrons. The monoisotopic (exact) mass is 333 g/mol. The molecule has 7 heteroatoms. The molecule has 0 atom stereocenters. The number of H-pyrrole nitrogens is 1. The van der Waals surface area contributed by atoms with Gasteiger partial charge in [-0.1, -0.05) is 28.4 Å². The summed E-state index contributed by atoms with van der Waals surface area (Å²) in [4.78, 5) is 4.00. The number of hydrogen-bond acceptors (Lipinski definition) is 3. The lowest BCUT2D eigenvalue weighted by Crippen LogP contribution is -2.02. The van der Waals surface area contributed by atoms with Crippen molar-refractivity contribution in [2.75, 3.05) is 7.05 Å². The van der Waals surface area contributed by atoms with Crippen LogP contribution in [-0.4, -0.2) is 33.2 Å². The number of nitrogens with zero attached hydrogens (tertiary/aromatic N) is 4. The number of benzene rings is 1. The Labute approximate surface area is 137 Å². The second-order valence-corrected chi connectivity index (χ2v) is 5.56. The van der Waals surface area contributed by atoms with Crippen LogP contribution in [0.1, 0.15) is 11.3 Å². The van der Waals surface area contributed by atoms with Crippen LogP contribution in [0.4, 0.5) is 0 Å². The molecule has 0 aliphatic heterocycles. The van der Waals surface area contributed by atoms with Gasteiger partial charge in [-0.25, -0.2) is 0 Å². The highest BCUT2D eigenvalue weighted by Crippen LogP contribution is 2.25. The first-order chi connectivity index (χ1) is 10.7. The third-order valence-corrected chi connectivity index (χ3v) is 3.86. The van der Waals surface area contributed by atoms with Crippen molar-refractivity contribution in [1.29, 1.82) is 0 Å². The second kappa shape index (κ2) is 6.34. The van der Waals surface area contributed by atoms with Crippen LogP contribution in [0.2, 0.25) is 10.0 Å². The Morgan fingerprint density at radius 3 is 3.00 bits per heavy atom. The molecular formula is C15H13Cl2N5. The zero-order valence-electron chi connectivity index (χ0n) is 11.8. The number of aromatic nitrogens is 4. The van der Waals surface area contributed by atoms with Gasteiger partial charge in [-0.2, -0.15) is 0 Å². The number of halogens is 2. The fourth-order valence-corrected chi connectivity index (χ4v) is 2.63. The van der Waals surface area contributed by atoms with Crippen LogP contribution < -0.4 is 0 Å². The highest BCUT2D eigenvalue weighted by atomic mass is 35.5. The van der Waals surface area contributed by atoms with E-state index >= 15 is 0 Å². The van der Waals surface area contributed by atoms with Crippen molar-refractivity contribution in [1.82, 2.24) is 20.0 Å². The van der Waals surface area contributed by atoms with Crippen molar-refractivity contribution in [3.63, 3.8) is 0 Å². The fourth-order valence-electron chi connectivity index (χ4n) is 2.26. The zero-order valence-corrected chi connectivity index (χ0v) is 13.3. The van der Waals surface area contributed by atoms with Crippen molar-refractivity contribution in [2.24, 2.45) is 4.99 Å². The number of hydrogen-bond donors (Lipinski definition) is 1. The van der Waals surface area contributed by atoms with Crippen molar-refractivity contribution < 1.29 is 0 Å². The van der Waals surface area contributed by atoms with E-state index in [0.717, 1.165) is 22.6 Å². The van der Waals surface area contributed by atoms with Gasteiger partial charge >= 0.3 is 0 Å². The van der Waals surface area contributed by atoms with Gasteiger partial charge in [-0.05, 0) is 35.9 Å². The Morgan fingerprint density at radius 1 is 1.32 bits per heavy atom. The minimum atomic E-state index is 0.595. The summed E-state index contributed by atoms with van der Waals surface area (Å²) in [6, 6.07) is 9.37. The standard InChI is InChI=1S/C15H13Cl2N5/c1-18-8-13-15(20-21-19-13)14-3-2-6-22(14)9-10-7-11(16)4-5-12(10)17/h2-8H,9H2,1H3,(H,19,20,21)/b18-8+. The van der Waals surface area contributed by atoms with Gasteiger partial charge in [-0.3, -0.25) is 10.1 Å². The summed E-state index contributed by atoms with van der Waals surface area (Å²) in [5, 5.41) is 12.2. The van der Waals surface area contributed by atoms with Crippen molar-refractivity contribution in [3.05, 3.63) is 57.8 Å². The molecule has 0 saturated heterocycles. The number of aromatic amines is 1.